The normalized spacial score (nSPS) is 9.45. The Balaban J connectivity index is 0.00000120. The summed E-state index contributed by atoms with van der Waals surface area (Å²) >= 11 is 6.16. The zero-order valence-electron chi connectivity index (χ0n) is 16.2. The van der Waals surface area contributed by atoms with E-state index in [0.717, 1.165) is 10.1 Å². The smallest absolute Gasteiger partial charge is 0.652 e. The molecule has 0 amide bonds. The molecule has 13 heteroatoms. The molecule has 0 unspecified atom stereocenters. The summed E-state index contributed by atoms with van der Waals surface area (Å²) < 4.78 is 3.84. The second-order valence-corrected chi connectivity index (χ2v) is 5.75. The van der Waals surface area contributed by atoms with E-state index in [1.807, 2.05) is 6.07 Å². The molecule has 2 aromatic heterocycles. The maximum absolute atomic E-state index is 12.4. The maximum Gasteiger partial charge on any atom is 1.00 e. The van der Waals surface area contributed by atoms with E-state index in [9.17, 15) is 9.59 Å². The van der Waals surface area contributed by atoms with E-state index in [-0.39, 0.29) is 126 Å². The minimum atomic E-state index is -2.33. The van der Waals surface area contributed by atoms with Gasteiger partial charge in [-0.2, -0.15) is 10.2 Å². The first-order valence-electron chi connectivity index (χ1n) is 7.36. The van der Waals surface area contributed by atoms with Gasteiger partial charge >= 0.3 is 108 Å². The van der Waals surface area contributed by atoms with Crippen LogP contribution in [0.1, 0.15) is 11.1 Å². The molecule has 0 atom stereocenters. The molecule has 0 N–H and O–H groups in total. The Hall–Kier alpha value is -0.307. The van der Waals surface area contributed by atoms with Gasteiger partial charge in [-0.3, -0.25) is 13.9 Å². The zero-order valence-corrected chi connectivity index (χ0v) is 23.2. The van der Waals surface area contributed by atoms with E-state index >= 15 is 0 Å². The number of aryl methyl sites for hydroxylation is 1. The van der Waals surface area contributed by atoms with Gasteiger partial charge in [0.2, 0.25) is 5.28 Å². The Bertz CT molecular complexity index is 1190. The number of hydrogen-bond donors (Lipinski definition) is 0. The van der Waals surface area contributed by atoms with Gasteiger partial charge in [-0.05, 0) is 35.5 Å². The molecule has 0 fully saturated rings. The van der Waals surface area contributed by atoms with Crippen LogP contribution in [0.4, 0.5) is 4.79 Å². The third-order valence-electron chi connectivity index (χ3n) is 3.70. The summed E-state index contributed by atoms with van der Waals surface area (Å²) in [5.74, 6) is 0. The van der Waals surface area contributed by atoms with Crippen molar-refractivity contribution in [2.45, 2.75) is 6.54 Å². The van der Waals surface area contributed by atoms with Gasteiger partial charge in [0.05, 0.1) is 18.2 Å². The summed E-state index contributed by atoms with van der Waals surface area (Å²) in [7, 11) is 2.94. The molecule has 0 aliphatic heterocycles. The molecule has 0 saturated heterocycles. The minimum absolute atomic E-state index is 0. The van der Waals surface area contributed by atoms with Crippen LogP contribution < -0.4 is 124 Å². The summed E-state index contributed by atoms with van der Waals surface area (Å²) in [6.07, 6.45) is -2.33. The summed E-state index contributed by atoms with van der Waals surface area (Å²) in [4.78, 5) is 36.9. The Morgan fingerprint density at radius 1 is 1.21 bits per heavy atom. The van der Waals surface area contributed by atoms with Crippen LogP contribution in [0.3, 0.4) is 0 Å². The molecule has 0 bridgehead atoms. The SMILES string of the molecule is Cn1c(=O)c2c(nc(Cl)n2Cc2cccc(C#N)c2)n(C)c1=O.O=C([O-])[O-].[K+].[K+]. The van der Waals surface area contributed by atoms with Crippen molar-refractivity contribution in [3.63, 3.8) is 0 Å². The summed E-state index contributed by atoms with van der Waals surface area (Å²) in [5, 5.41) is 25.8. The third-order valence-corrected chi connectivity index (χ3v) is 3.99. The molecule has 0 saturated carbocycles. The van der Waals surface area contributed by atoms with Crippen molar-refractivity contribution in [1.29, 1.82) is 5.26 Å². The number of aromatic nitrogens is 4. The average Bonchev–Trinajstić information content (AvgIpc) is 2.94. The van der Waals surface area contributed by atoms with Crippen LogP contribution in [-0.4, -0.2) is 24.8 Å². The Kier molecular flexibility index (Phi) is 12.4. The van der Waals surface area contributed by atoms with Gasteiger partial charge in [0.25, 0.3) is 5.56 Å². The van der Waals surface area contributed by atoms with Crippen molar-refractivity contribution in [2.24, 2.45) is 14.1 Å². The van der Waals surface area contributed by atoms with E-state index in [4.69, 9.17) is 31.9 Å². The number of nitrogens with zero attached hydrogens (tertiary/aromatic N) is 5. The molecule has 29 heavy (non-hydrogen) atoms. The first-order chi connectivity index (χ1) is 12.7. The van der Waals surface area contributed by atoms with Gasteiger partial charge in [0.15, 0.2) is 11.2 Å². The van der Waals surface area contributed by atoms with Crippen LogP contribution >= 0.6 is 11.6 Å². The fourth-order valence-electron chi connectivity index (χ4n) is 2.49. The summed E-state index contributed by atoms with van der Waals surface area (Å²) in [5.41, 5.74) is 0.889. The Morgan fingerprint density at radius 2 is 1.79 bits per heavy atom. The molecule has 2 heterocycles. The van der Waals surface area contributed by atoms with Gasteiger partial charge in [0.1, 0.15) is 0 Å². The second-order valence-electron chi connectivity index (χ2n) is 5.41. The zero-order chi connectivity index (χ0) is 20.3. The first-order valence-corrected chi connectivity index (χ1v) is 7.74. The molecule has 140 valence electrons. The van der Waals surface area contributed by atoms with Gasteiger partial charge in [-0.25, -0.2) is 4.79 Å². The van der Waals surface area contributed by atoms with Crippen LogP contribution in [0.5, 0.6) is 0 Å². The van der Waals surface area contributed by atoms with Crippen LogP contribution in [0.2, 0.25) is 5.28 Å². The first kappa shape index (κ1) is 28.7. The summed E-state index contributed by atoms with van der Waals surface area (Å²) in [6.45, 7) is 0.276. The standard InChI is InChI=1S/C15H12ClN5O2.CH2O3.2K/c1-19-12-11(13(22)20(2)15(19)23)21(14(16)18-12)8-10-5-3-4-9(6-10)7-17;2-1(3)4;;/h3-6H,8H2,1-2H3;(H2,2,3,4);;/q;;2*+1/p-2. The third kappa shape index (κ3) is 6.84. The topological polar surface area (TPSA) is 149 Å². The maximum atomic E-state index is 12.4. The van der Waals surface area contributed by atoms with Crippen molar-refractivity contribution < 1.29 is 118 Å². The molecular formula is C16H12ClK2N5O5. The molecule has 0 aliphatic rings. The quantitative estimate of drug-likeness (QED) is 0.268. The summed E-state index contributed by atoms with van der Waals surface area (Å²) in [6, 6.07) is 9.07. The van der Waals surface area contributed by atoms with E-state index in [2.05, 4.69) is 11.1 Å². The number of rotatable bonds is 2. The number of hydrogen-bond acceptors (Lipinski definition) is 7. The van der Waals surface area contributed by atoms with Crippen LogP contribution in [0.15, 0.2) is 33.9 Å². The largest absolute Gasteiger partial charge is 1.00 e. The van der Waals surface area contributed by atoms with Gasteiger partial charge < -0.3 is 19.6 Å². The molecule has 0 radical (unpaired) electrons. The van der Waals surface area contributed by atoms with Crippen LogP contribution in [0.25, 0.3) is 11.2 Å². The number of carbonyl (C=O) groups excluding carboxylic acids is 1. The number of carboxylic acid groups (broad SMARTS) is 2. The van der Waals surface area contributed by atoms with Crippen LogP contribution in [0, 0.1) is 11.3 Å². The number of imidazole rings is 1. The molecule has 0 aliphatic carbocycles. The fraction of sp³-hybridized carbons (Fsp3) is 0.188. The molecule has 3 aromatic rings. The van der Waals surface area contributed by atoms with Crippen molar-refractivity contribution in [1.82, 2.24) is 18.7 Å². The molecule has 3 rings (SSSR count). The van der Waals surface area contributed by atoms with E-state index < -0.39 is 17.4 Å². The van der Waals surface area contributed by atoms with E-state index in [1.54, 1.807) is 18.2 Å². The van der Waals surface area contributed by atoms with Gasteiger partial charge in [-0.15, -0.1) is 0 Å². The number of benzene rings is 1. The van der Waals surface area contributed by atoms with Crippen molar-refractivity contribution in [2.75, 3.05) is 0 Å². The second kappa shape index (κ2) is 12.5. The van der Waals surface area contributed by atoms with Crippen LogP contribution in [-0.2, 0) is 20.6 Å². The average molecular weight is 468 g/mol. The number of nitriles is 1. The van der Waals surface area contributed by atoms with E-state index in [1.165, 1.54) is 23.2 Å². The minimum Gasteiger partial charge on any atom is -0.652 e. The predicted molar refractivity (Wildman–Crippen MR) is 90.9 cm³/mol. The van der Waals surface area contributed by atoms with Crippen molar-refractivity contribution in [3.8, 4) is 6.07 Å². The number of carbonyl (C=O) groups is 1. The molecule has 10 nitrogen and oxygen atoms in total. The monoisotopic (exact) mass is 467 g/mol. The van der Waals surface area contributed by atoms with E-state index in [0.29, 0.717) is 5.56 Å². The number of halogens is 1. The van der Waals surface area contributed by atoms with Crippen molar-refractivity contribution >= 4 is 28.9 Å². The van der Waals surface area contributed by atoms with Gasteiger partial charge in [-0.1, -0.05) is 12.1 Å². The predicted octanol–water partition coefficient (Wildman–Crippen LogP) is -7.43. The molecule has 1 aromatic carbocycles. The molecule has 0 spiro atoms. The molecular weight excluding hydrogens is 456 g/mol. The fourth-order valence-corrected chi connectivity index (χ4v) is 2.71. The van der Waals surface area contributed by atoms with Gasteiger partial charge in [0, 0.05) is 14.1 Å². The number of fused-ring (bicyclic) bond motifs is 1. The van der Waals surface area contributed by atoms with Crippen molar-refractivity contribution in [3.05, 3.63) is 61.5 Å². The Labute approximate surface area is 254 Å². The Morgan fingerprint density at radius 3 is 2.34 bits per heavy atom.